The molecule has 1 atom stereocenters. The van der Waals surface area contributed by atoms with E-state index in [0.29, 0.717) is 18.8 Å². The number of amides is 1. The number of nitrogens with zero attached hydrogens (tertiary/aromatic N) is 3. The molecule has 30 heavy (non-hydrogen) atoms. The highest BCUT2D eigenvalue weighted by Gasteiger charge is 2.33. The van der Waals surface area contributed by atoms with Gasteiger partial charge in [0.15, 0.2) is 0 Å². The molecule has 1 saturated carbocycles. The predicted molar refractivity (Wildman–Crippen MR) is 110 cm³/mol. The van der Waals surface area contributed by atoms with Gasteiger partial charge in [-0.1, -0.05) is 11.2 Å². The topological polar surface area (TPSA) is 91.4 Å². The molecule has 0 unspecified atom stereocenters. The fraction of sp³-hybridized carbons (Fsp3) is 0.500. The van der Waals surface area contributed by atoms with Crippen molar-refractivity contribution < 1.29 is 18.8 Å². The first-order valence-electron chi connectivity index (χ1n) is 10.5. The summed E-state index contributed by atoms with van der Waals surface area (Å²) in [4.78, 5) is 16.7. The fourth-order valence-electron chi connectivity index (χ4n) is 4.86. The zero-order valence-corrected chi connectivity index (χ0v) is 17.5. The molecular formula is C22H26N4O4. The van der Waals surface area contributed by atoms with Crippen LogP contribution < -0.4 is 5.32 Å². The van der Waals surface area contributed by atoms with Gasteiger partial charge in [-0.2, -0.15) is 0 Å². The quantitative estimate of drug-likeness (QED) is 0.692. The number of ether oxygens (including phenoxy) is 2. The smallest absolute Gasteiger partial charge is 0.407 e. The number of hydrogen-bond donors (Lipinski definition) is 1. The Morgan fingerprint density at radius 3 is 2.63 bits per heavy atom. The largest absolute Gasteiger partial charge is 0.447 e. The molecule has 1 amide bonds. The van der Waals surface area contributed by atoms with Gasteiger partial charge in [-0.25, -0.2) is 9.78 Å². The van der Waals surface area contributed by atoms with Gasteiger partial charge in [0.05, 0.1) is 22.8 Å². The minimum Gasteiger partial charge on any atom is -0.447 e. The van der Waals surface area contributed by atoms with Gasteiger partial charge in [0, 0.05) is 18.7 Å². The van der Waals surface area contributed by atoms with Gasteiger partial charge in [-0.3, -0.25) is 0 Å². The van der Waals surface area contributed by atoms with Crippen molar-refractivity contribution in [2.45, 2.75) is 57.7 Å². The number of fused-ring (bicyclic) bond motifs is 1. The zero-order chi connectivity index (χ0) is 20.8. The van der Waals surface area contributed by atoms with Crippen LogP contribution in [-0.4, -0.2) is 40.6 Å². The lowest BCUT2D eigenvalue weighted by Gasteiger charge is -2.30. The highest BCUT2D eigenvalue weighted by atomic mass is 16.6. The SMILES string of the molecule is CO[C@H]1CC[C@H](n2c([C@@H]3COC(=O)N3)nc3cc(-c4c(C)noc4C)ccc32)CC1. The summed E-state index contributed by atoms with van der Waals surface area (Å²) in [5.74, 6) is 1.65. The Hall–Kier alpha value is -2.87. The number of nitrogens with one attached hydrogen (secondary N) is 1. The Morgan fingerprint density at radius 1 is 1.20 bits per heavy atom. The molecule has 2 aromatic heterocycles. The molecule has 1 aliphatic carbocycles. The molecule has 158 valence electrons. The van der Waals surface area contributed by atoms with E-state index in [4.69, 9.17) is 19.0 Å². The van der Waals surface area contributed by atoms with E-state index in [0.717, 1.165) is 65.1 Å². The van der Waals surface area contributed by atoms with Gasteiger partial charge in [0.2, 0.25) is 0 Å². The number of hydrogen-bond acceptors (Lipinski definition) is 6. The minimum absolute atomic E-state index is 0.243. The fourth-order valence-corrected chi connectivity index (χ4v) is 4.86. The summed E-state index contributed by atoms with van der Waals surface area (Å²) in [6.45, 7) is 4.16. The van der Waals surface area contributed by atoms with Crippen LogP contribution in [0, 0.1) is 13.8 Å². The van der Waals surface area contributed by atoms with Crippen molar-refractivity contribution in [3.8, 4) is 11.1 Å². The van der Waals surface area contributed by atoms with E-state index >= 15 is 0 Å². The van der Waals surface area contributed by atoms with Crippen LogP contribution in [0.25, 0.3) is 22.2 Å². The summed E-state index contributed by atoms with van der Waals surface area (Å²) in [5, 5.41) is 6.98. The number of aromatic nitrogens is 3. The third-order valence-electron chi connectivity index (χ3n) is 6.37. The van der Waals surface area contributed by atoms with Crippen LogP contribution >= 0.6 is 0 Å². The average Bonchev–Trinajstić information content (AvgIpc) is 3.44. The molecule has 1 aromatic carbocycles. The zero-order valence-electron chi connectivity index (χ0n) is 17.5. The first kappa shape index (κ1) is 19.1. The van der Waals surface area contributed by atoms with E-state index in [1.54, 1.807) is 7.11 Å². The van der Waals surface area contributed by atoms with Crippen LogP contribution in [0.1, 0.15) is 55.0 Å². The molecule has 3 heterocycles. The van der Waals surface area contributed by atoms with Gasteiger partial charge >= 0.3 is 6.09 Å². The van der Waals surface area contributed by atoms with Crippen molar-refractivity contribution >= 4 is 17.1 Å². The summed E-state index contributed by atoms with van der Waals surface area (Å²) in [6.07, 6.45) is 4.00. The molecule has 1 saturated heterocycles. The van der Waals surface area contributed by atoms with Gasteiger partial charge in [0.25, 0.3) is 0 Å². The Balaban J connectivity index is 1.60. The van der Waals surface area contributed by atoms with E-state index in [9.17, 15) is 4.79 Å². The number of imidazole rings is 1. The number of aryl methyl sites for hydroxylation is 2. The van der Waals surface area contributed by atoms with Crippen LogP contribution in [0.3, 0.4) is 0 Å². The second-order valence-electron chi connectivity index (χ2n) is 8.20. The molecule has 8 nitrogen and oxygen atoms in total. The maximum atomic E-state index is 11.7. The second kappa shape index (κ2) is 7.43. The van der Waals surface area contributed by atoms with Gasteiger partial charge in [-0.05, 0) is 57.2 Å². The number of carbonyl (C=O) groups is 1. The first-order chi connectivity index (χ1) is 14.5. The summed E-state index contributed by atoms with van der Waals surface area (Å²) in [6, 6.07) is 6.38. The summed E-state index contributed by atoms with van der Waals surface area (Å²) in [5.41, 5.74) is 4.87. The molecule has 2 fully saturated rings. The Bertz CT molecular complexity index is 1070. The van der Waals surface area contributed by atoms with Crippen LogP contribution in [0.15, 0.2) is 22.7 Å². The van der Waals surface area contributed by atoms with Gasteiger partial charge < -0.3 is 23.9 Å². The average molecular weight is 410 g/mol. The molecule has 0 radical (unpaired) electrons. The third kappa shape index (κ3) is 3.15. The number of rotatable bonds is 4. The van der Waals surface area contributed by atoms with Crippen molar-refractivity contribution in [1.29, 1.82) is 0 Å². The molecule has 3 aromatic rings. The molecule has 8 heteroatoms. The van der Waals surface area contributed by atoms with Gasteiger partial charge in [0.1, 0.15) is 24.2 Å². The lowest BCUT2D eigenvalue weighted by Crippen LogP contribution is -2.27. The monoisotopic (exact) mass is 410 g/mol. The summed E-state index contributed by atoms with van der Waals surface area (Å²) < 4.78 is 18.4. The van der Waals surface area contributed by atoms with E-state index in [-0.39, 0.29) is 6.04 Å². The minimum atomic E-state index is -0.391. The third-order valence-corrected chi connectivity index (χ3v) is 6.37. The van der Waals surface area contributed by atoms with Gasteiger partial charge in [-0.15, -0.1) is 0 Å². The first-order valence-corrected chi connectivity index (χ1v) is 10.5. The maximum Gasteiger partial charge on any atom is 0.407 e. The molecule has 2 aliphatic rings. The highest BCUT2D eigenvalue weighted by molar-refractivity contribution is 5.84. The molecule has 0 spiro atoms. The van der Waals surface area contributed by atoms with Crippen molar-refractivity contribution in [1.82, 2.24) is 20.0 Å². The van der Waals surface area contributed by atoms with Crippen molar-refractivity contribution in [3.63, 3.8) is 0 Å². The highest BCUT2D eigenvalue weighted by Crippen LogP contribution is 2.37. The molecular weight excluding hydrogens is 384 g/mol. The number of benzene rings is 1. The number of alkyl carbamates (subject to hydrolysis) is 1. The maximum absolute atomic E-state index is 11.7. The Labute approximate surface area is 174 Å². The lowest BCUT2D eigenvalue weighted by atomic mass is 9.92. The number of carbonyl (C=O) groups excluding carboxylic acids is 1. The summed E-state index contributed by atoms with van der Waals surface area (Å²) >= 11 is 0. The van der Waals surface area contributed by atoms with E-state index in [1.165, 1.54) is 0 Å². The summed E-state index contributed by atoms with van der Waals surface area (Å²) in [7, 11) is 1.78. The molecule has 5 rings (SSSR count). The van der Waals surface area contributed by atoms with Crippen molar-refractivity contribution in [2.24, 2.45) is 0 Å². The van der Waals surface area contributed by atoms with Crippen LogP contribution in [0.5, 0.6) is 0 Å². The van der Waals surface area contributed by atoms with Crippen molar-refractivity contribution in [2.75, 3.05) is 13.7 Å². The van der Waals surface area contributed by atoms with E-state index in [1.807, 2.05) is 13.8 Å². The van der Waals surface area contributed by atoms with Crippen molar-refractivity contribution in [3.05, 3.63) is 35.5 Å². The molecule has 1 aliphatic heterocycles. The Kier molecular flexibility index (Phi) is 4.73. The standard InChI is InChI=1S/C22H26N4O4/c1-12-20(13(2)30-25-12)14-4-9-19-17(10-14)23-21(18-11-29-22(27)24-18)26(19)15-5-7-16(28-3)8-6-15/h4,9-10,15-16,18H,5-8,11H2,1-3H3,(H,24,27)/t15-,16-,18-/m0/s1. The number of methoxy groups -OCH3 is 1. The normalized spacial score (nSPS) is 24.2. The van der Waals surface area contributed by atoms with E-state index in [2.05, 4.69) is 33.2 Å². The predicted octanol–water partition coefficient (Wildman–Crippen LogP) is 4.22. The Morgan fingerprint density at radius 2 is 2.00 bits per heavy atom. The lowest BCUT2D eigenvalue weighted by molar-refractivity contribution is 0.0583. The second-order valence-corrected chi connectivity index (χ2v) is 8.20. The van der Waals surface area contributed by atoms with Crippen LogP contribution in [0.4, 0.5) is 4.79 Å². The molecule has 1 N–H and O–H groups in total. The number of cyclic esters (lactones) is 1. The van der Waals surface area contributed by atoms with Crippen LogP contribution in [0.2, 0.25) is 0 Å². The molecule has 0 bridgehead atoms. The van der Waals surface area contributed by atoms with Crippen LogP contribution in [-0.2, 0) is 9.47 Å². The van der Waals surface area contributed by atoms with E-state index < -0.39 is 6.09 Å².